The second-order valence-electron chi connectivity index (χ2n) is 8.21. The Balaban J connectivity index is 1.40. The lowest BCUT2D eigenvalue weighted by Gasteiger charge is -2.27. The van der Waals surface area contributed by atoms with Crippen LogP contribution in [0.5, 0.6) is 0 Å². The Bertz CT molecular complexity index is 888. The number of urea groups is 1. The molecular weight excluding hydrogens is 404 g/mol. The van der Waals surface area contributed by atoms with Gasteiger partial charge in [-0.1, -0.05) is 11.8 Å². The molecule has 0 aliphatic carbocycles. The summed E-state index contributed by atoms with van der Waals surface area (Å²) in [7, 11) is 0. The Kier molecular flexibility index (Phi) is 6.03. The molecule has 0 aromatic carbocycles. The number of imide groups is 1. The third kappa shape index (κ3) is 4.33. The SMILES string of the molecule is CC1(C)NC(=O)N(CCCSc2nnc(N3CCCCC3)n2Cc2ccco2)C1=O. The second kappa shape index (κ2) is 8.71. The van der Waals surface area contributed by atoms with E-state index in [0.29, 0.717) is 19.5 Å². The highest BCUT2D eigenvalue weighted by molar-refractivity contribution is 7.99. The molecule has 4 rings (SSSR count). The molecule has 3 amide bonds. The molecule has 2 saturated heterocycles. The first-order valence-electron chi connectivity index (χ1n) is 10.4. The topological polar surface area (TPSA) is 96.5 Å². The number of hydrogen-bond acceptors (Lipinski definition) is 7. The van der Waals surface area contributed by atoms with Gasteiger partial charge in [-0.3, -0.25) is 14.3 Å². The molecule has 4 heterocycles. The first-order chi connectivity index (χ1) is 14.5. The molecule has 2 aromatic rings. The van der Waals surface area contributed by atoms with Gasteiger partial charge in [0, 0.05) is 25.4 Å². The minimum atomic E-state index is -0.823. The van der Waals surface area contributed by atoms with Crippen molar-refractivity contribution in [1.29, 1.82) is 0 Å². The van der Waals surface area contributed by atoms with E-state index in [0.717, 1.165) is 35.7 Å². The van der Waals surface area contributed by atoms with Crippen LogP contribution in [0.1, 0.15) is 45.3 Å². The maximum atomic E-state index is 12.3. The Hall–Kier alpha value is -2.49. The minimum Gasteiger partial charge on any atom is -0.467 e. The molecule has 0 atom stereocenters. The summed E-state index contributed by atoms with van der Waals surface area (Å²) < 4.78 is 7.65. The predicted octanol–water partition coefficient (Wildman–Crippen LogP) is 2.72. The van der Waals surface area contributed by atoms with Crippen LogP contribution in [0.15, 0.2) is 28.0 Å². The first kappa shape index (κ1) is 20.8. The van der Waals surface area contributed by atoms with Gasteiger partial charge in [-0.25, -0.2) is 4.79 Å². The molecule has 0 radical (unpaired) electrons. The molecule has 2 fully saturated rings. The van der Waals surface area contributed by atoms with Crippen LogP contribution in [-0.2, 0) is 11.3 Å². The van der Waals surface area contributed by atoms with Crippen LogP contribution < -0.4 is 10.2 Å². The molecule has 2 aliphatic rings. The number of carbonyl (C=O) groups excluding carboxylic acids is 2. The fraction of sp³-hybridized carbons (Fsp3) is 0.600. The van der Waals surface area contributed by atoms with Gasteiger partial charge in [0.1, 0.15) is 11.3 Å². The van der Waals surface area contributed by atoms with Crippen molar-refractivity contribution in [3.05, 3.63) is 24.2 Å². The summed E-state index contributed by atoms with van der Waals surface area (Å²) in [5, 5.41) is 12.4. The van der Waals surface area contributed by atoms with Crippen molar-refractivity contribution in [2.75, 3.05) is 30.3 Å². The fourth-order valence-electron chi connectivity index (χ4n) is 3.82. The van der Waals surface area contributed by atoms with E-state index in [4.69, 9.17) is 4.42 Å². The monoisotopic (exact) mass is 432 g/mol. The summed E-state index contributed by atoms with van der Waals surface area (Å²) >= 11 is 1.59. The summed E-state index contributed by atoms with van der Waals surface area (Å²) in [5.74, 6) is 2.29. The van der Waals surface area contributed by atoms with Crippen molar-refractivity contribution < 1.29 is 14.0 Å². The average molecular weight is 433 g/mol. The van der Waals surface area contributed by atoms with Gasteiger partial charge < -0.3 is 14.6 Å². The first-order valence-corrected chi connectivity index (χ1v) is 11.4. The lowest BCUT2D eigenvalue weighted by molar-refractivity contribution is -0.130. The van der Waals surface area contributed by atoms with Crippen LogP contribution in [0.25, 0.3) is 0 Å². The Morgan fingerprint density at radius 1 is 1.20 bits per heavy atom. The van der Waals surface area contributed by atoms with Gasteiger partial charge in [-0.2, -0.15) is 0 Å². The van der Waals surface area contributed by atoms with E-state index in [1.807, 2.05) is 12.1 Å². The highest BCUT2D eigenvalue weighted by atomic mass is 32.2. The van der Waals surface area contributed by atoms with E-state index >= 15 is 0 Å². The van der Waals surface area contributed by atoms with Gasteiger partial charge in [-0.05, 0) is 51.7 Å². The Labute approximate surface area is 180 Å². The van der Waals surface area contributed by atoms with E-state index in [-0.39, 0.29) is 11.9 Å². The molecule has 30 heavy (non-hydrogen) atoms. The second-order valence-corrected chi connectivity index (χ2v) is 9.27. The Morgan fingerprint density at radius 3 is 2.67 bits per heavy atom. The lowest BCUT2D eigenvalue weighted by atomic mass is 10.1. The van der Waals surface area contributed by atoms with Crippen LogP contribution in [-0.4, -0.2) is 62.5 Å². The van der Waals surface area contributed by atoms with E-state index < -0.39 is 5.54 Å². The number of anilines is 1. The van der Waals surface area contributed by atoms with E-state index in [2.05, 4.69) is 25.0 Å². The molecule has 0 spiro atoms. The molecule has 0 bridgehead atoms. The lowest BCUT2D eigenvalue weighted by Crippen LogP contribution is -2.40. The van der Waals surface area contributed by atoms with Crippen LogP contribution >= 0.6 is 11.8 Å². The van der Waals surface area contributed by atoms with Gasteiger partial charge in [0.05, 0.1) is 12.8 Å². The zero-order chi connectivity index (χ0) is 21.1. The molecular formula is C20H28N6O3S. The van der Waals surface area contributed by atoms with E-state index in [1.54, 1.807) is 31.9 Å². The maximum absolute atomic E-state index is 12.3. The summed E-state index contributed by atoms with van der Waals surface area (Å²) in [5.41, 5.74) is -0.823. The van der Waals surface area contributed by atoms with Gasteiger partial charge >= 0.3 is 6.03 Å². The van der Waals surface area contributed by atoms with Gasteiger partial charge in [-0.15, -0.1) is 10.2 Å². The maximum Gasteiger partial charge on any atom is 0.325 e. The molecule has 9 nitrogen and oxygen atoms in total. The van der Waals surface area contributed by atoms with Gasteiger partial charge in [0.2, 0.25) is 5.95 Å². The summed E-state index contributed by atoms with van der Waals surface area (Å²) in [6.07, 6.45) is 5.94. The third-order valence-corrected chi connectivity index (χ3v) is 6.48. The van der Waals surface area contributed by atoms with Crippen LogP contribution in [0.3, 0.4) is 0 Å². The number of rotatable bonds is 8. The standard InChI is InChI=1S/C20H28N6O3S/c1-20(2)16(27)25(18(28)21-20)11-7-13-30-19-23-22-17(24-9-4-3-5-10-24)26(19)14-15-8-6-12-29-15/h6,8,12H,3-5,7,9-11,13-14H2,1-2H3,(H,21,28). The van der Waals surface area contributed by atoms with Crippen LogP contribution in [0.4, 0.5) is 10.7 Å². The zero-order valence-electron chi connectivity index (χ0n) is 17.5. The number of amides is 3. The smallest absolute Gasteiger partial charge is 0.325 e. The molecule has 0 saturated carbocycles. The normalized spacial score (nSPS) is 18.9. The highest BCUT2D eigenvalue weighted by Gasteiger charge is 2.43. The number of piperidine rings is 1. The number of nitrogens with zero attached hydrogens (tertiary/aromatic N) is 5. The largest absolute Gasteiger partial charge is 0.467 e. The number of aromatic nitrogens is 3. The molecule has 0 unspecified atom stereocenters. The molecule has 2 aliphatic heterocycles. The van der Waals surface area contributed by atoms with Crippen molar-refractivity contribution in [3.63, 3.8) is 0 Å². The summed E-state index contributed by atoms with van der Waals surface area (Å²) in [6.45, 7) is 6.40. The highest BCUT2D eigenvalue weighted by Crippen LogP contribution is 2.26. The molecule has 2 aromatic heterocycles. The van der Waals surface area contributed by atoms with Crippen molar-refractivity contribution in [2.24, 2.45) is 0 Å². The number of hydrogen-bond donors (Lipinski definition) is 1. The average Bonchev–Trinajstić information content (AvgIpc) is 3.42. The van der Waals surface area contributed by atoms with Gasteiger partial charge in [0.15, 0.2) is 5.16 Å². The zero-order valence-corrected chi connectivity index (χ0v) is 18.3. The predicted molar refractivity (Wildman–Crippen MR) is 114 cm³/mol. The van der Waals surface area contributed by atoms with E-state index in [1.165, 1.54) is 24.2 Å². The van der Waals surface area contributed by atoms with Crippen LogP contribution in [0, 0.1) is 0 Å². The van der Waals surface area contributed by atoms with Crippen molar-refractivity contribution in [2.45, 2.75) is 56.8 Å². The minimum absolute atomic E-state index is 0.175. The van der Waals surface area contributed by atoms with Crippen LogP contribution in [0.2, 0.25) is 0 Å². The van der Waals surface area contributed by atoms with Crippen molar-refractivity contribution in [1.82, 2.24) is 25.0 Å². The number of thioether (sulfide) groups is 1. The fourth-order valence-corrected chi connectivity index (χ4v) is 4.68. The quantitative estimate of drug-likeness (QED) is 0.389. The van der Waals surface area contributed by atoms with Crippen molar-refractivity contribution in [3.8, 4) is 0 Å². The van der Waals surface area contributed by atoms with E-state index in [9.17, 15) is 9.59 Å². The number of nitrogens with one attached hydrogen (secondary N) is 1. The summed E-state index contributed by atoms with van der Waals surface area (Å²) in [6, 6.07) is 3.52. The molecule has 1 N–H and O–H groups in total. The Morgan fingerprint density at radius 2 is 2.00 bits per heavy atom. The summed E-state index contributed by atoms with van der Waals surface area (Å²) in [4.78, 5) is 27.9. The third-order valence-electron chi connectivity index (χ3n) is 5.43. The van der Waals surface area contributed by atoms with Crippen molar-refractivity contribution >= 4 is 29.6 Å². The number of furan rings is 1. The molecule has 162 valence electrons. The van der Waals surface area contributed by atoms with Gasteiger partial charge in [0.25, 0.3) is 5.91 Å². The number of carbonyl (C=O) groups is 2. The molecule has 10 heteroatoms.